The van der Waals surface area contributed by atoms with Crippen molar-refractivity contribution in [2.75, 3.05) is 13.1 Å². The van der Waals surface area contributed by atoms with Crippen LogP contribution in [-0.2, 0) is 9.59 Å². The fourth-order valence-corrected chi connectivity index (χ4v) is 2.87. The molecule has 2 fully saturated rings. The lowest BCUT2D eigenvalue weighted by atomic mass is 10.0. The normalized spacial score (nSPS) is 21.7. The van der Waals surface area contributed by atoms with Gasteiger partial charge in [-0.1, -0.05) is 12.8 Å². The predicted octanol–water partition coefficient (Wildman–Crippen LogP) is 1.69. The SMILES string of the molecule is CCN(CC)C(=O)C1(C(=O)NC2CCCC2)CC1. The van der Waals surface area contributed by atoms with Crippen LogP contribution >= 0.6 is 0 Å². The molecule has 2 rings (SSSR count). The van der Waals surface area contributed by atoms with Crippen molar-refractivity contribution < 1.29 is 9.59 Å². The lowest BCUT2D eigenvalue weighted by Gasteiger charge is -2.25. The molecule has 18 heavy (non-hydrogen) atoms. The molecular formula is C14H24N2O2. The van der Waals surface area contributed by atoms with E-state index in [0.29, 0.717) is 19.1 Å². The molecular weight excluding hydrogens is 228 g/mol. The fourth-order valence-electron chi connectivity index (χ4n) is 2.87. The summed E-state index contributed by atoms with van der Waals surface area (Å²) in [6.45, 7) is 5.31. The first kappa shape index (κ1) is 13.4. The Hall–Kier alpha value is -1.06. The Balaban J connectivity index is 1.97. The molecule has 0 atom stereocenters. The van der Waals surface area contributed by atoms with Crippen LogP contribution in [0.4, 0.5) is 0 Å². The summed E-state index contributed by atoms with van der Waals surface area (Å²) in [5.41, 5.74) is -0.714. The molecule has 2 amide bonds. The van der Waals surface area contributed by atoms with Crippen molar-refractivity contribution >= 4 is 11.8 Å². The third-order valence-corrected chi connectivity index (χ3v) is 4.34. The number of carbonyl (C=O) groups is 2. The summed E-state index contributed by atoms with van der Waals surface area (Å²) in [6.07, 6.45) is 5.98. The van der Waals surface area contributed by atoms with Crippen LogP contribution in [0, 0.1) is 5.41 Å². The number of nitrogens with one attached hydrogen (secondary N) is 1. The van der Waals surface area contributed by atoms with Gasteiger partial charge in [-0.15, -0.1) is 0 Å². The van der Waals surface area contributed by atoms with E-state index < -0.39 is 5.41 Å². The van der Waals surface area contributed by atoms with Crippen LogP contribution in [0.2, 0.25) is 0 Å². The second-order valence-corrected chi connectivity index (χ2v) is 5.51. The van der Waals surface area contributed by atoms with Crippen molar-refractivity contribution in [3.63, 3.8) is 0 Å². The zero-order valence-electron chi connectivity index (χ0n) is 11.5. The number of amides is 2. The minimum absolute atomic E-state index is 0.0219. The minimum Gasteiger partial charge on any atom is -0.352 e. The lowest BCUT2D eigenvalue weighted by Crippen LogP contribution is -2.47. The number of carbonyl (C=O) groups excluding carboxylic acids is 2. The fraction of sp³-hybridized carbons (Fsp3) is 0.857. The van der Waals surface area contributed by atoms with Crippen molar-refractivity contribution in [2.45, 2.75) is 58.4 Å². The highest BCUT2D eigenvalue weighted by Gasteiger charge is 2.57. The first-order valence-corrected chi connectivity index (χ1v) is 7.24. The standard InChI is InChI=1S/C14H24N2O2/c1-3-16(4-2)13(18)14(9-10-14)12(17)15-11-7-5-6-8-11/h11H,3-10H2,1-2H3,(H,15,17). The van der Waals surface area contributed by atoms with Gasteiger partial charge in [-0.2, -0.15) is 0 Å². The maximum Gasteiger partial charge on any atom is 0.238 e. The second-order valence-electron chi connectivity index (χ2n) is 5.51. The van der Waals surface area contributed by atoms with Gasteiger partial charge >= 0.3 is 0 Å². The number of nitrogens with zero attached hydrogens (tertiary/aromatic N) is 1. The van der Waals surface area contributed by atoms with Crippen LogP contribution in [-0.4, -0.2) is 35.8 Å². The van der Waals surface area contributed by atoms with Gasteiger partial charge < -0.3 is 10.2 Å². The molecule has 0 aromatic carbocycles. The highest BCUT2D eigenvalue weighted by Crippen LogP contribution is 2.47. The van der Waals surface area contributed by atoms with Gasteiger partial charge in [0.2, 0.25) is 11.8 Å². The first-order chi connectivity index (χ1) is 8.64. The molecule has 0 heterocycles. The number of rotatable bonds is 5. The highest BCUT2D eigenvalue weighted by molar-refractivity contribution is 6.07. The maximum atomic E-state index is 12.4. The van der Waals surface area contributed by atoms with Crippen molar-refractivity contribution in [3.8, 4) is 0 Å². The van der Waals surface area contributed by atoms with Gasteiger partial charge in [-0.3, -0.25) is 9.59 Å². The molecule has 2 aliphatic carbocycles. The molecule has 0 unspecified atom stereocenters. The van der Waals surface area contributed by atoms with E-state index in [4.69, 9.17) is 0 Å². The van der Waals surface area contributed by atoms with E-state index in [1.807, 2.05) is 13.8 Å². The highest BCUT2D eigenvalue weighted by atomic mass is 16.2. The average molecular weight is 252 g/mol. The number of hydrogen-bond donors (Lipinski definition) is 1. The summed E-state index contributed by atoms with van der Waals surface area (Å²) in [7, 11) is 0. The average Bonchev–Trinajstić information content (AvgIpc) is 3.04. The van der Waals surface area contributed by atoms with Gasteiger partial charge in [0.15, 0.2) is 0 Å². The zero-order valence-corrected chi connectivity index (χ0v) is 11.5. The van der Waals surface area contributed by atoms with E-state index >= 15 is 0 Å². The summed E-state index contributed by atoms with van der Waals surface area (Å²) in [5.74, 6) is 0.00861. The smallest absolute Gasteiger partial charge is 0.238 e. The van der Waals surface area contributed by atoms with Crippen LogP contribution in [0.3, 0.4) is 0 Å². The Bertz CT molecular complexity index is 327. The topological polar surface area (TPSA) is 49.4 Å². The summed E-state index contributed by atoms with van der Waals surface area (Å²) < 4.78 is 0. The number of hydrogen-bond acceptors (Lipinski definition) is 2. The molecule has 0 radical (unpaired) electrons. The van der Waals surface area contributed by atoms with Gasteiger partial charge in [0, 0.05) is 19.1 Å². The summed E-state index contributed by atoms with van der Waals surface area (Å²) in [6, 6.07) is 0.305. The zero-order chi connectivity index (χ0) is 13.2. The van der Waals surface area contributed by atoms with Gasteiger partial charge in [0.1, 0.15) is 5.41 Å². The minimum atomic E-state index is -0.714. The molecule has 102 valence electrons. The van der Waals surface area contributed by atoms with Crippen LogP contribution in [0.15, 0.2) is 0 Å². The molecule has 0 aromatic rings. The molecule has 0 aromatic heterocycles. The molecule has 1 N–H and O–H groups in total. The Kier molecular flexibility index (Phi) is 3.93. The van der Waals surface area contributed by atoms with Crippen LogP contribution < -0.4 is 5.32 Å². The lowest BCUT2D eigenvalue weighted by molar-refractivity contribution is -0.144. The third-order valence-electron chi connectivity index (χ3n) is 4.34. The molecule has 0 bridgehead atoms. The van der Waals surface area contributed by atoms with Crippen LogP contribution in [0.1, 0.15) is 52.4 Å². The molecule has 0 saturated heterocycles. The Morgan fingerprint density at radius 2 is 1.72 bits per heavy atom. The Labute approximate surface area is 109 Å². The van der Waals surface area contributed by atoms with E-state index in [2.05, 4.69) is 5.32 Å². The van der Waals surface area contributed by atoms with Gasteiger partial charge in [0.05, 0.1) is 0 Å². The molecule has 4 nitrogen and oxygen atoms in total. The van der Waals surface area contributed by atoms with E-state index in [1.54, 1.807) is 4.90 Å². The van der Waals surface area contributed by atoms with Crippen molar-refractivity contribution in [1.82, 2.24) is 10.2 Å². The van der Waals surface area contributed by atoms with E-state index in [-0.39, 0.29) is 11.8 Å². The van der Waals surface area contributed by atoms with Crippen LogP contribution in [0.25, 0.3) is 0 Å². The second kappa shape index (κ2) is 5.29. The Morgan fingerprint density at radius 3 is 2.17 bits per heavy atom. The summed E-state index contributed by atoms with van der Waals surface area (Å²) in [4.78, 5) is 26.5. The van der Waals surface area contributed by atoms with Gasteiger partial charge in [-0.25, -0.2) is 0 Å². The monoisotopic (exact) mass is 252 g/mol. The van der Waals surface area contributed by atoms with Crippen molar-refractivity contribution in [3.05, 3.63) is 0 Å². The van der Waals surface area contributed by atoms with Crippen LogP contribution in [0.5, 0.6) is 0 Å². The largest absolute Gasteiger partial charge is 0.352 e. The van der Waals surface area contributed by atoms with E-state index in [9.17, 15) is 9.59 Å². The predicted molar refractivity (Wildman–Crippen MR) is 70.0 cm³/mol. The molecule has 2 saturated carbocycles. The van der Waals surface area contributed by atoms with Gasteiger partial charge in [0.25, 0.3) is 0 Å². The molecule has 0 aliphatic heterocycles. The maximum absolute atomic E-state index is 12.4. The van der Waals surface area contributed by atoms with E-state index in [0.717, 1.165) is 25.7 Å². The van der Waals surface area contributed by atoms with Crippen molar-refractivity contribution in [2.24, 2.45) is 5.41 Å². The Morgan fingerprint density at radius 1 is 1.17 bits per heavy atom. The molecule has 0 spiro atoms. The van der Waals surface area contributed by atoms with E-state index in [1.165, 1.54) is 12.8 Å². The van der Waals surface area contributed by atoms with Gasteiger partial charge in [-0.05, 0) is 39.5 Å². The quantitative estimate of drug-likeness (QED) is 0.757. The summed E-state index contributed by atoms with van der Waals surface area (Å²) >= 11 is 0. The first-order valence-electron chi connectivity index (χ1n) is 7.24. The summed E-state index contributed by atoms with van der Waals surface area (Å²) in [5, 5.41) is 3.08. The van der Waals surface area contributed by atoms with Crippen molar-refractivity contribution in [1.29, 1.82) is 0 Å². The third kappa shape index (κ3) is 2.38. The molecule has 4 heteroatoms. The molecule has 2 aliphatic rings.